The van der Waals surface area contributed by atoms with Gasteiger partial charge in [0.1, 0.15) is 16.5 Å². The van der Waals surface area contributed by atoms with E-state index in [1.165, 1.54) is 6.42 Å². The number of piperidine rings is 1. The molecule has 1 atom stereocenters. The molecule has 8 heteroatoms. The molecular weight excluding hydrogens is 426 g/mol. The average molecular weight is 454 g/mol. The Morgan fingerprint density at radius 1 is 1.10 bits per heavy atom. The van der Waals surface area contributed by atoms with Crippen molar-refractivity contribution in [3.63, 3.8) is 0 Å². The second kappa shape index (κ2) is 9.46. The number of thiazole rings is 1. The number of piperazine rings is 1. The summed E-state index contributed by atoms with van der Waals surface area (Å²) in [6.45, 7) is 6.87. The maximum absolute atomic E-state index is 13.1. The molecule has 3 aromatic rings. The van der Waals surface area contributed by atoms with Gasteiger partial charge in [-0.1, -0.05) is 6.07 Å². The van der Waals surface area contributed by atoms with Crippen LogP contribution in [-0.4, -0.2) is 71.5 Å². The van der Waals surface area contributed by atoms with Crippen molar-refractivity contribution in [3.05, 3.63) is 52.3 Å². The van der Waals surface area contributed by atoms with E-state index >= 15 is 0 Å². The van der Waals surface area contributed by atoms with Gasteiger partial charge in [-0.15, -0.1) is 11.3 Å². The Morgan fingerprint density at radius 3 is 2.77 bits per heavy atom. The minimum absolute atomic E-state index is 0.0856. The number of amides is 1. The fraction of sp³-hybridized carbons (Fsp3) is 0.435. The predicted molar refractivity (Wildman–Crippen MR) is 127 cm³/mol. The van der Waals surface area contributed by atoms with E-state index < -0.39 is 0 Å². The molecule has 1 unspecified atom stereocenters. The number of hydrogen-bond donors (Lipinski definition) is 0. The summed E-state index contributed by atoms with van der Waals surface area (Å²) in [5.41, 5.74) is 1.70. The minimum atomic E-state index is 0.0856. The molecule has 0 saturated carbocycles. The Kier molecular flexibility index (Phi) is 6.29. The summed E-state index contributed by atoms with van der Waals surface area (Å²) in [5.74, 6) is 1.69. The molecule has 3 aromatic heterocycles. The van der Waals surface area contributed by atoms with E-state index in [1.54, 1.807) is 22.7 Å². The van der Waals surface area contributed by atoms with Crippen LogP contribution in [0, 0.1) is 5.92 Å². The maximum Gasteiger partial charge on any atom is 0.273 e. The second-order valence-electron chi connectivity index (χ2n) is 8.28. The van der Waals surface area contributed by atoms with Crippen LogP contribution >= 0.6 is 22.7 Å². The van der Waals surface area contributed by atoms with Crippen molar-refractivity contribution >= 4 is 34.4 Å². The summed E-state index contributed by atoms with van der Waals surface area (Å²) in [6.07, 6.45) is 4.13. The lowest BCUT2D eigenvalue weighted by Crippen LogP contribution is -2.50. The lowest BCUT2D eigenvalue weighted by molar-refractivity contribution is 0.0632. The van der Waals surface area contributed by atoms with Crippen LogP contribution in [0.15, 0.2) is 46.6 Å². The predicted octanol–water partition coefficient (Wildman–Crippen LogP) is 3.94. The first kappa shape index (κ1) is 20.6. The fourth-order valence-electron chi connectivity index (χ4n) is 4.52. The minimum Gasteiger partial charge on any atom is -0.354 e. The first-order chi connectivity index (χ1) is 15.3. The number of thiophene rings is 1. The molecular formula is C23H27N5OS2. The molecule has 0 spiro atoms. The second-order valence-corrected chi connectivity index (χ2v) is 9.92. The quantitative estimate of drug-likeness (QED) is 0.586. The van der Waals surface area contributed by atoms with Crippen molar-refractivity contribution < 1.29 is 4.79 Å². The Balaban J connectivity index is 1.14. The van der Waals surface area contributed by atoms with E-state index in [1.807, 2.05) is 34.0 Å². The van der Waals surface area contributed by atoms with Crippen LogP contribution in [0.2, 0.25) is 0 Å². The molecule has 6 nitrogen and oxygen atoms in total. The number of carbonyl (C=O) groups is 1. The summed E-state index contributed by atoms with van der Waals surface area (Å²) in [7, 11) is 0. The van der Waals surface area contributed by atoms with E-state index in [2.05, 4.69) is 37.3 Å². The summed E-state index contributed by atoms with van der Waals surface area (Å²) in [6, 6.07) is 8.16. The molecule has 0 radical (unpaired) electrons. The third-order valence-corrected chi connectivity index (χ3v) is 7.73. The zero-order chi connectivity index (χ0) is 21.0. The van der Waals surface area contributed by atoms with Gasteiger partial charge in [-0.2, -0.15) is 11.3 Å². The molecule has 5 heterocycles. The summed E-state index contributed by atoms with van der Waals surface area (Å²) < 4.78 is 0. The van der Waals surface area contributed by atoms with Gasteiger partial charge >= 0.3 is 0 Å². The summed E-state index contributed by atoms with van der Waals surface area (Å²) in [5, 5.41) is 6.97. The van der Waals surface area contributed by atoms with Crippen molar-refractivity contribution in [1.29, 1.82) is 0 Å². The SMILES string of the molecule is O=C(c1csc(-c2ccsc2)n1)N1CCCC(CN2CCN(c3ccccn3)CC2)C1. The topological polar surface area (TPSA) is 52.6 Å². The van der Waals surface area contributed by atoms with E-state index in [-0.39, 0.29) is 5.91 Å². The van der Waals surface area contributed by atoms with Gasteiger partial charge < -0.3 is 9.80 Å². The molecule has 0 N–H and O–H groups in total. The zero-order valence-electron chi connectivity index (χ0n) is 17.5. The van der Waals surface area contributed by atoms with E-state index in [0.717, 1.165) is 68.6 Å². The van der Waals surface area contributed by atoms with E-state index in [4.69, 9.17) is 0 Å². The molecule has 0 aliphatic carbocycles. The van der Waals surface area contributed by atoms with Gasteiger partial charge in [0.25, 0.3) is 5.91 Å². The van der Waals surface area contributed by atoms with E-state index in [9.17, 15) is 4.79 Å². The average Bonchev–Trinajstić information content (AvgIpc) is 3.52. The van der Waals surface area contributed by atoms with Gasteiger partial charge in [0.2, 0.25) is 0 Å². The highest BCUT2D eigenvalue weighted by atomic mass is 32.1. The zero-order valence-corrected chi connectivity index (χ0v) is 19.2. The van der Waals surface area contributed by atoms with Gasteiger partial charge in [-0.3, -0.25) is 9.69 Å². The number of nitrogens with zero attached hydrogens (tertiary/aromatic N) is 5. The van der Waals surface area contributed by atoms with Crippen LogP contribution in [0.25, 0.3) is 10.6 Å². The molecule has 2 aliphatic rings. The Hall–Kier alpha value is -2.29. The van der Waals surface area contributed by atoms with Crippen LogP contribution < -0.4 is 4.90 Å². The van der Waals surface area contributed by atoms with Gasteiger partial charge in [0.05, 0.1) is 0 Å². The highest BCUT2D eigenvalue weighted by Crippen LogP contribution is 2.27. The normalized spacial score (nSPS) is 20.2. The number of anilines is 1. The lowest BCUT2D eigenvalue weighted by Gasteiger charge is -2.39. The first-order valence-corrected chi connectivity index (χ1v) is 12.7. The number of hydrogen-bond acceptors (Lipinski definition) is 7. The van der Waals surface area contributed by atoms with Crippen LogP contribution in [0.4, 0.5) is 5.82 Å². The largest absolute Gasteiger partial charge is 0.354 e. The number of carbonyl (C=O) groups excluding carboxylic acids is 1. The van der Waals surface area contributed by atoms with Crippen LogP contribution in [0.1, 0.15) is 23.3 Å². The number of aromatic nitrogens is 2. The number of pyridine rings is 1. The molecule has 162 valence electrons. The standard InChI is InChI=1S/C23H27N5OS2/c29-23(20-17-31-22(25-20)19-6-13-30-16-19)28-8-3-4-18(15-28)14-26-9-11-27(12-10-26)21-5-1-2-7-24-21/h1-2,5-7,13,16-18H,3-4,8-12,14-15H2. The summed E-state index contributed by atoms with van der Waals surface area (Å²) >= 11 is 3.21. The van der Waals surface area contributed by atoms with E-state index in [0.29, 0.717) is 11.6 Å². The molecule has 2 aliphatic heterocycles. The molecule has 1 amide bonds. The van der Waals surface area contributed by atoms with Crippen molar-refractivity contribution in [1.82, 2.24) is 19.8 Å². The first-order valence-electron chi connectivity index (χ1n) is 10.9. The van der Waals surface area contributed by atoms with Crippen molar-refractivity contribution in [2.75, 3.05) is 50.7 Å². The summed E-state index contributed by atoms with van der Waals surface area (Å²) in [4.78, 5) is 29.1. The smallest absolute Gasteiger partial charge is 0.273 e. The maximum atomic E-state index is 13.1. The van der Waals surface area contributed by atoms with Gasteiger partial charge in [-0.05, 0) is 42.3 Å². The van der Waals surface area contributed by atoms with Crippen LogP contribution in [-0.2, 0) is 0 Å². The molecule has 31 heavy (non-hydrogen) atoms. The van der Waals surface area contributed by atoms with Crippen molar-refractivity contribution in [2.24, 2.45) is 5.92 Å². The van der Waals surface area contributed by atoms with Crippen LogP contribution in [0.5, 0.6) is 0 Å². The van der Waals surface area contributed by atoms with Gasteiger partial charge in [-0.25, -0.2) is 9.97 Å². The lowest BCUT2D eigenvalue weighted by atomic mass is 9.97. The highest BCUT2D eigenvalue weighted by Gasteiger charge is 2.28. The Bertz CT molecular complexity index is 983. The highest BCUT2D eigenvalue weighted by molar-refractivity contribution is 7.14. The van der Waals surface area contributed by atoms with Gasteiger partial charge in [0.15, 0.2) is 0 Å². The molecule has 5 rings (SSSR count). The third-order valence-electron chi connectivity index (χ3n) is 6.16. The van der Waals surface area contributed by atoms with Crippen molar-refractivity contribution in [3.8, 4) is 10.6 Å². The Morgan fingerprint density at radius 2 is 2.00 bits per heavy atom. The molecule has 0 aromatic carbocycles. The molecule has 2 saturated heterocycles. The molecule has 0 bridgehead atoms. The fourth-order valence-corrected chi connectivity index (χ4v) is 6.02. The number of likely N-dealkylation sites (tertiary alicyclic amines) is 1. The van der Waals surface area contributed by atoms with Crippen LogP contribution in [0.3, 0.4) is 0 Å². The van der Waals surface area contributed by atoms with Crippen molar-refractivity contribution in [2.45, 2.75) is 12.8 Å². The third kappa shape index (κ3) is 4.81. The Labute approximate surface area is 191 Å². The monoisotopic (exact) mass is 453 g/mol. The van der Waals surface area contributed by atoms with Gasteiger partial charge in [0, 0.05) is 68.3 Å². The number of rotatable bonds is 5. The molecule has 2 fully saturated rings.